The van der Waals surface area contributed by atoms with Gasteiger partial charge in [-0.3, -0.25) is 9.80 Å². The third kappa shape index (κ3) is 6.64. The lowest BCUT2D eigenvalue weighted by molar-refractivity contribution is -0.159. The lowest BCUT2D eigenvalue weighted by Gasteiger charge is -2.37. The topological polar surface area (TPSA) is 81.1 Å². The van der Waals surface area contributed by atoms with E-state index >= 15 is 0 Å². The molecule has 6 nitrogen and oxygen atoms in total. The van der Waals surface area contributed by atoms with Crippen LogP contribution in [0.25, 0.3) is 0 Å². The summed E-state index contributed by atoms with van der Waals surface area (Å²) in [6.45, 7) is 9.54. The highest BCUT2D eigenvalue weighted by Crippen LogP contribution is 2.13. The van der Waals surface area contributed by atoms with Gasteiger partial charge in [-0.2, -0.15) is 0 Å². The molecular weight excluding hydrogens is 315 g/mol. The molecule has 0 saturated carbocycles. The number of rotatable bonds is 4. The van der Waals surface area contributed by atoms with Crippen LogP contribution in [0.4, 0.5) is 4.39 Å². The summed E-state index contributed by atoms with van der Waals surface area (Å²) in [7, 11) is 0. The van der Waals surface area contributed by atoms with Crippen molar-refractivity contribution in [2.75, 3.05) is 26.2 Å². The van der Waals surface area contributed by atoms with Gasteiger partial charge in [0.2, 0.25) is 0 Å². The summed E-state index contributed by atoms with van der Waals surface area (Å²) in [5.41, 5.74) is 0.814. The maximum atomic E-state index is 13.6. The van der Waals surface area contributed by atoms with Crippen LogP contribution in [0.3, 0.4) is 0 Å². The highest BCUT2D eigenvalue weighted by molar-refractivity contribution is 6.27. The second-order valence-corrected chi connectivity index (χ2v) is 5.77. The first-order valence-corrected chi connectivity index (χ1v) is 8.01. The summed E-state index contributed by atoms with van der Waals surface area (Å²) in [5.74, 6) is -3.73. The molecule has 0 spiro atoms. The molecule has 0 bridgehead atoms. The molecule has 1 saturated heterocycles. The summed E-state index contributed by atoms with van der Waals surface area (Å²) >= 11 is 0. The Morgan fingerprint density at radius 1 is 1.12 bits per heavy atom. The molecule has 2 N–H and O–H groups in total. The molecule has 134 valence electrons. The molecule has 1 aromatic carbocycles. The van der Waals surface area contributed by atoms with Crippen molar-refractivity contribution in [1.29, 1.82) is 0 Å². The van der Waals surface area contributed by atoms with Gasteiger partial charge in [-0.15, -0.1) is 0 Å². The largest absolute Gasteiger partial charge is 0.473 e. The number of benzene rings is 1. The molecule has 0 amide bonds. The van der Waals surface area contributed by atoms with Gasteiger partial charge in [0.05, 0.1) is 0 Å². The summed E-state index contributed by atoms with van der Waals surface area (Å²) in [4.78, 5) is 23.1. The van der Waals surface area contributed by atoms with Crippen LogP contribution in [0, 0.1) is 5.82 Å². The Hall–Kier alpha value is -1.99. The predicted molar refractivity (Wildman–Crippen MR) is 88.3 cm³/mol. The number of hydrogen-bond acceptors (Lipinski definition) is 4. The number of halogens is 1. The number of hydrogen-bond donors (Lipinski definition) is 2. The summed E-state index contributed by atoms with van der Waals surface area (Å²) in [6.07, 6.45) is 1.20. The second kappa shape index (κ2) is 10.00. The van der Waals surface area contributed by atoms with E-state index in [9.17, 15) is 4.39 Å². The number of nitrogens with zero attached hydrogens (tertiary/aromatic N) is 2. The van der Waals surface area contributed by atoms with E-state index in [1.165, 1.54) is 6.42 Å². The van der Waals surface area contributed by atoms with Crippen molar-refractivity contribution in [1.82, 2.24) is 9.80 Å². The first-order chi connectivity index (χ1) is 11.3. The summed E-state index contributed by atoms with van der Waals surface area (Å²) in [5, 5.41) is 14.8. The van der Waals surface area contributed by atoms with Crippen LogP contribution in [-0.2, 0) is 16.1 Å². The number of carboxylic acids is 2. The molecule has 7 heteroatoms. The first-order valence-electron chi connectivity index (χ1n) is 8.01. The van der Waals surface area contributed by atoms with Gasteiger partial charge in [-0.05, 0) is 19.4 Å². The Morgan fingerprint density at radius 3 is 2.12 bits per heavy atom. The summed E-state index contributed by atoms with van der Waals surface area (Å²) < 4.78 is 13.6. The second-order valence-electron chi connectivity index (χ2n) is 5.77. The number of piperazine rings is 1. The zero-order chi connectivity index (χ0) is 18.1. The summed E-state index contributed by atoms with van der Waals surface area (Å²) in [6, 6.07) is 7.76. The quantitative estimate of drug-likeness (QED) is 0.815. The average molecular weight is 340 g/mol. The zero-order valence-corrected chi connectivity index (χ0v) is 14.1. The third-order valence-corrected chi connectivity index (χ3v) is 4.16. The van der Waals surface area contributed by atoms with Gasteiger partial charge in [-0.25, -0.2) is 14.0 Å². The van der Waals surface area contributed by atoms with Crippen LogP contribution >= 0.6 is 0 Å². The van der Waals surface area contributed by atoms with E-state index in [0.717, 1.165) is 38.3 Å². The van der Waals surface area contributed by atoms with E-state index in [4.69, 9.17) is 19.8 Å². The van der Waals surface area contributed by atoms with Gasteiger partial charge in [0.15, 0.2) is 0 Å². The molecule has 1 heterocycles. The first kappa shape index (κ1) is 20.1. The Balaban J connectivity index is 0.000000413. The smallest absolute Gasteiger partial charge is 0.414 e. The van der Waals surface area contributed by atoms with Gasteiger partial charge in [0, 0.05) is 44.3 Å². The van der Waals surface area contributed by atoms with E-state index in [1.54, 1.807) is 12.1 Å². The molecule has 1 fully saturated rings. The van der Waals surface area contributed by atoms with Gasteiger partial charge < -0.3 is 10.2 Å². The van der Waals surface area contributed by atoms with Crippen molar-refractivity contribution in [2.45, 2.75) is 32.9 Å². The minimum Gasteiger partial charge on any atom is -0.473 e. The van der Waals surface area contributed by atoms with Crippen molar-refractivity contribution in [3.63, 3.8) is 0 Å². The fourth-order valence-corrected chi connectivity index (χ4v) is 2.49. The maximum Gasteiger partial charge on any atom is 0.414 e. The standard InChI is InChI=1S/C15H23FN2.C2H2O4/c1-3-13(2)18-10-8-17(9-11-18)12-14-6-4-5-7-15(14)16;3-1(4)2(5)6/h4-7,13H,3,8-12H2,1-2H3;(H,3,4)(H,5,6). The Kier molecular flexibility index (Phi) is 8.35. The van der Waals surface area contributed by atoms with Crippen LogP contribution in [0.15, 0.2) is 24.3 Å². The van der Waals surface area contributed by atoms with Crippen LogP contribution in [0.5, 0.6) is 0 Å². The van der Waals surface area contributed by atoms with Crippen LogP contribution in [0.2, 0.25) is 0 Å². The van der Waals surface area contributed by atoms with Crippen molar-refractivity contribution >= 4 is 11.9 Å². The third-order valence-electron chi connectivity index (χ3n) is 4.16. The van der Waals surface area contributed by atoms with Crippen molar-refractivity contribution in [3.05, 3.63) is 35.6 Å². The normalized spacial score (nSPS) is 16.8. The van der Waals surface area contributed by atoms with Crippen LogP contribution < -0.4 is 0 Å². The molecule has 24 heavy (non-hydrogen) atoms. The molecule has 1 aliphatic rings. The Bertz CT molecular complexity index is 533. The minimum atomic E-state index is -1.82. The molecule has 1 unspecified atom stereocenters. The Labute approximate surface area is 141 Å². The highest BCUT2D eigenvalue weighted by atomic mass is 19.1. The monoisotopic (exact) mass is 340 g/mol. The molecule has 0 radical (unpaired) electrons. The molecule has 1 aliphatic heterocycles. The van der Waals surface area contributed by atoms with Gasteiger partial charge >= 0.3 is 11.9 Å². The minimum absolute atomic E-state index is 0.0816. The van der Waals surface area contributed by atoms with E-state index in [-0.39, 0.29) is 5.82 Å². The number of carboxylic acid groups (broad SMARTS) is 2. The van der Waals surface area contributed by atoms with E-state index in [0.29, 0.717) is 6.04 Å². The average Bonchev–Trinajstić information content (AvgIpc) is 2.57. The predicted octanol–water partition coefficient (Wildman–Crippen LogP) is 1.90. The molecular formula is C17H25FN2O4. The molecule has 1 aromatic rings. The molecule has 1 atom stereocenters. The van der Waals surface area contributed by atoms with Gasteiger partial charge in [-0.1, -0.05) is 25.1 Å². The SMILES string of the molecule is CCC(C)N1CCN(Cc2ccccc2F)CC1.O=C(O)C(=O)O. The number of carbonyl (C=O) groups is 2. The van der Waals surface area contributed by atoms with Crippen LogP contribution in [0.1, 0.15) is 25.8 Å². The molecule has 0 aromatic heterocycles. The molecule has 0 aliphatic carbocycles. The van der Waals surface area contributed by atoms with Crippen molar-refractivity contribution in [2.24, 2.45) is 0 Å². The highest BCUT2D eigenvalue weighted by Gasteiger charge is 2.20. The van der Waals surface area contributed by atoms with Crippen molar-refractivity contribution in [3.8, 4) is 0 Å². The lowest BCUT2D eigenvalue weighted by atomic mass is 10.1. The van der Waals surface area contributed by atoms with Crippen molar-refractivity contribution < 1.29 is 24.2 Å². The Morgan fingerprint density at radius 2 is 1.67 bits per heavy atom. The van der Waals surface area contributed by atoms with Gasteiger partial charge in [0.25, 0.3) is 0 Å². The lowest BCUT2D eigenvalue weighted by Crippen LogP contribution is -2.49. The van der Waals surface area contributed by atoms with Gasteiger partial charge in [0.1, 0.15) is 5.82 Å². The number of aliphatic carboxylic acids is 2. The fraction of sp³-hybridized carbons (Fsp3) is 0.529. The van der Waals surface area contributed by atoms with E-state index in [1.807, 2.05) is 12.1 Å². The molecule has 2 rings (SSSR count). The zero-order valence-electron chi connectivity index (χ0n) is 14.1. The maximum absolute atomic E-state index is 13.6. The van der Waals surface area contributed by atoms with E-state index < -0.39 is 11.9 Å². The van der Waals surface area contributed by atoms with Crippen LogP contribution in [-0.4, -0.2) is 64.2 Å². The van der Waals surface area contributed by atoms with E-state index in [2.05, 4.69) is 23.6 Å². The fourth-order valence-electron chi connectivity index (χ4n) is 2.49.